The number of allylic oxidation sites excluding steroid dienone is 2. The lowest BCUT2D eigenvalue weighted by molar-refractivity contribution is 0.953. The van der Waals surface area contributed by atoms with E-state index >= 15 is 0 Å². The molecule has 0 atom stereocenters. The number of unbranched alkanes of at least 4 members (excludes halogenated alkanes) is 1. The van der Waals surface area contributed by atoms with Gasteiger partial charge in [-0.1, -0.05) is 80.1 Å². The first-order valence-corrected chi connectivity index (χ1v) is 6.70. The lowest BCUT2D eigenvalue weighted by Gasteiger charge is -2.07. The molecule has 0 bridgehead atoms. The predicted molar refractivity (Wildman–Crippen MR) is 79.6 cm³/mol. The maximum Gasteiger partial charge on any atom is -0.00913 e. The summed E-state index contributed by atoms with van der Waals surface area (Å²) in [6, 6.07) is 19.3. The molecular formula is C18H20. The summed E-state index contributed by atoms with van der Waals surface area (Å²) in [6.45, 7) is 2.21. The Labute approximate surface area is 110 Å². The summed E-state index contributed by atoms with van der Waals surface area (Å²) < 4.78 is 0. The third-order valence-electron chi connectivity index (χ3n) is 3.06. The van der Waals surface area contributed by atoms with Crippen LogP contribution in [-0.2, 0) is 6.42 Å². The van der Waals surface area contributed by atoms with Crippen LogP contribution in [0.25, 0.3) is 11.1 Å². The number of hydrogen-bond donors (Lipinski definition) is 0. The van der Waals surface area contributed by atoms with Crippen molar-refractivity contribution in [1.82, 2.24) is 0 Å². The first-order chi connectivity index (χ1) is 8.92. The molecule has 0 saturated heterocycles. The Morgan fingerprint density at radius 2 is 1.56 bits per heavy atom. The Kier molecular flexibility index (Phi) is 4.78. The quantitative estimate of drug-likeness (QED) is 0.622. The Morgan fingerprint density at radius 1 is 0.833 bits per heavy atom. The first kappa shape index (κ1) is 12.6. The van der Waals surface area contributed by atoms with Crippen LogP contribution in [0.1, 0.15) is 25.3 Å². The molecule has 0 N–H and O–H groups in total. The van der Waals surface area contributed by atoms with E-state index in [1.165, 1.54) is 29.5 Å². The van der Waals surface area contributed by atoms with Gasteiger partial charge in [0.25, 0.3) is 0 Å². The van der Waals surface area contributed by atoms with Crippen molar-refractivity contribution in [2.24, 2.45) is 0 Å². The van der Waals surface area contributed by atoms with E-state index in [0.29, 0.717) is 0 Å². The van der Waals surface area contributed by atoms with Crippen molar-refractivity contribution in [3.63, 3.8) is 0 Å². The Hall–Kier alpha value is -1.82. The minimum absolute atomic E-state index is 1.02. The van der Waals surface area contributed by atoms with Gasteiger partial charge in [-0.3, -0.25) is 0 Å². The topological polar surface area (TPSA) is 0 Å². The van der Waals surface area contributed by atoms with E-state index in [1.54, 1.807) is 0 Å². The largest absolute Gasteiger partial charge is 0.0882 e. The van der Waals surface area contributed by atoms with Gasteiger partial charge in [0.15, 0.2) is 0 Å². The summed E-state index contributed by atoms with van der Waals surface area (Å²) in [4.78, 5) is 0. The normalized spacial score (nSPS) is 10.9. The maximum absolute atomic E-state index is 2.28. The summed E-state index contributed by atoms with van der Waals surface area (Å²) in [5, 5.41) is 0. The van der Waals surface area contributed by atoms with E-state index in [0.717, 1.165) is 6.42 Å². The smallest absolute Gasteiger partial charge is 0.00913 e. The van der Waals surface area contributed by atoms with Crippen LogP contribution in [0.15, 0.2) is 66.7 Å². The van der Waals surface area contributed by atoms with Crippen molar-refractivity contribution in [1.29, 1.82) is 0 Å². The molecule has 0 aliphatic heterocycles. The molecule has 2 rings (SSSR count). The molecule has 2 aromatic rings. The lowest BCUT2D eigenvalue weighted by Crippen LogP contribution is -1.87. The van der Waals surface area contributed by atoms with Crippen LogP contribution >= 0.6 is 0 Å². The fourth-order valence-corrected chi connectivity index (χ4v) is 2.09. The molecule has 0 aliphatic rings. The fourth-order valence-electron chi connectivity index (χ4n) is 2.09. The molecule has 0 saturated carbocycles. The summed E-state index contributed by atoms with van der Waals surface area (Å²) in [5.74, 6) is 0. The van der Waals surface area contributed by atoms with Gasteiger partial charge < -0.3 is 0 Å². The molecule has 18 heavy (non-hydrogen) atoms. The predicted octanol–water partition coefficient (Wildman–Crippen LogP) is 5.25. The highest BCUT2D eigenvalue weighted by Crippen LogP contribution is 2.23. The Bertz CT molecular complexity index is 494. The van der Waals surface area contributed by atoms with Gasteiger partial charge in [-0.05, 0) is 29.5 Å². The first-order valence-electron chi connectivity index (χ1n) is 6.70. The van der Waals surface area contributed by atoms with Gasteiger partial charge in [0.1, 0.15) is 0 Å². The van der Waals surface area contributed by atoms with Crippen molar-refractivity contribution in [2.45, 2.75) is 26.2 Å². The fraction of sp³-hybridized carbons (Fsp3) is 0.222. The third-order valence-corrected chi connectivity index (χ3v) is 3.06. The van der Waals surface area contributed by atoms with Gasteiger partial charge in [0, 0.05) is 0 Å². The second kappa shape index (κ2) is 6.80. The zero-order valence-corrected chi connectivity index (χ0v) is 11.0. The van der Waals surface area contributed by atoms with E-state index < -0.39 is 0 Å². The van der Waals surface area contributed by atoms with Gasteiger partial charge in [-0.15, -0.1) is 0 Å². The van der Waals surface area contributed by atoms with Gasteiger partial charge in [0.2, 0.25) is 0 Å². The Balaban J connectivity index is 2.21. The average Bonchev–Trinajstić information content (AvgIpc) is 2.45. The van der Waals surface area contributed by atoms with Crippen LogP contribution in [0.4, 0.5) is 0 Å². The standard InChI is InChI=1S/C18H20/c1-2-3-4-6-11-17-14-9-10-15-18(17)16-12-7-5-8-13-16/h4-10,12-15H,2-3,11H2,1H3. The molecule has 0 fully saturated rings. The van der Waals surface area contributed by atoms with Gasteiger partial charge >= 0.3 is 0 Å². The maximum atomic E-state index is 2.28. The molecule has 0 aliphatic carbocycles. The molecule has 0 nitrogen and oxygen atoms in total. The monoisotopic (exact) mass is 236 g/mol. The van der Waals surface area contributed by atoms with Crippen LogP contribution in [0.2, 0.25) is 0 Å². The molecule has 0 unspecified atom stereocenters. The highest BCUT2D eigenvalue weighted by molar-refractivity contribution is 5.67. The van der Waals surface area contributed by atoms with Crippen molar-refractivity contribution >= 4 is 0 Å². The van der Waals surface area contributed by atoms with Crippen molar-refractivity contribution < 1.29 is 0 Å². The van der Waals surface area contributed by atoms with Crippen molar-refractivity contribution in [3.8, 4) is 11.1 Å². The molecule has 0 heterocycles. The zero-order chi connectivity index (χ0) is 12.6. The van der Waals surface area contributed by atoms with Crippen LogP contribution in [0, 0.1) is 0 Å². The number of rotatable bonds is 5. The highest BCUT2D eigenvalue weighted by Gasteiger charge is 2.01. The molecule has 2 aromatic carbocycles. The molecule has 92 valence electrons. The molecule has 0 spiro atoms. The molecule has 0 aromatic heterocycles. The second-order valence-corrected chi connectivity index (χ2v) is 4.49. The minimum atomic E-state index is 1.02. The van der Waals surface area contributed by atoms with Gasteiger partial charge in [-0.2, -0.15) is 0 Å². The van der Waals surface area contributed by atoms with Gasteiger partial charge in [-0.25, -0.2) is 0 Å². The minimum Gasteiger partial charge on any atom is -0.0882 e. The highest BCUT2D eigenvalue weighted by atomic mass is 14.1. The molecule has 0 amide bonds. The van der Waals surface area contributed by atoms with Crippen molar-refractivity contribution in [3.05, 3.63) is 72.3 Å². The number of hydrogen-bond acceptors (Lipinski definition) is 0. The SMILES string of the molecule is CCCC=CCc1ccccc1-c1ccccc1. The van der Waals surface area contributed by atoms with Gasteiger partial charge in [0.05, 0.1) is 0 Å². The second-order valence-electron chi connectivity index (χ2n) is 4.49. The molecule has 0 heteroatoms. The summed E-state index contributed by atoms with van der Waals surface area (Å²) in [7, 11) is 0. The summed E-state index contributed by atoms with van der Waals surface area (Å²) in [5.41, 5.74) is 4.05. The number of benzene rings is 2. The van der Waals surface area contributed by atoms with E-state index in [4.69, 9.17) is 0 Å². The van der Waals surface area contributed by atoms with Crippen molar-refractivity contribution in [2.75, 3.05) is 0 Å². The summed E-state index contributed by atoms with van der Waals surface area (Å²) >= 11 is 0. The molecule has 0 radical (unpaired) electrons. The van der Waals surface area contributed by atoms with Crippen LogP contribution < -0.4 is 0 Å². The van der Waals surface area contributed by atoms with Crippen LogP contribution in [0.5, 0.6) is 0 Å². The van der Waals surface area contributed by atoms with Crippen LogP contribution in [0.3, 0.4) is 0 Å². The van der Waals surface area contributed by atoms with E-state index in [9.17, 15) is 0 Å². The average molecular weight is 236 g/mol. The van der Waals surface area contributed by atoms with E-state index in [2.05, 4.69) is 73.7 Å². The third kappa shape index (κ3) is 3.33. The summed E-state index contributed by atoms with van der Waals surface area (Å²) in [6.07, 6.45) is 7.97. The molecular weight excluding hydrogens is 216 g/mol. The Morgan fingerprint density at radius 3 is 2.33 bits per heavy atom. The van der Waals surface area contributed by atoms with Crippen LogP contribution in [-0.4, -0.2) is 0 Å². The lowest BCUT2D eigenvalue weighted by atomic mass is 9.97. The zero-order valence-electron chi connectivity index (χ0n) is 11.0. The van der Waals surface area contributed by atoms with E-state index in [-0.39, 0.29) is 0 Å². The van der Waals surface area contributed by atoms with E-state index in [1.807, 2.05) is 0 Å².